The van der Waals surface area contributed by atoms with Crippen molar-refractivity contribution in [1.82, 2.24) is 9.13 Å². The van der Waals surface area contributed by atoms with Crippen LogP contribution in [0.4, 0.5) is 0 Å². The van der Waals surface area contributed by atoms with Crippen molar-refractivity contribution >= 4 is 45.9 Å². The van der Waals surface area contributed by atoms with E-state index in [0.717, 1.165) is 22.0 Å². The SMILES string of the molecule is CCOC(=O)C1=C(C)N=c2s/c(=C\c3cn(Cc4ccccc4Cl)c4ccccc34)c(=O)n2[C@@H]1c1ccc(OC)cc1OC. The zero-order valence-corrected chi connectivity index (χ0v) is 26.2. The summed E-state index contributed by atoms with van der Waals surface area (Å²) in [5.41, 5.74) is 4.02. The van der Waals surface area contributed by atoms with Gasteiger partial charge in [-0.25, -0.2) is 9.79 Å². The number of rotatable bonds is 8. The molecule has 8 nitrogen and oxygen atoms in total. The van der Waals surface area contributed by atoms with Gasteiger partial charge >= 0.3 is 5.97 Å². The molecule has 3 heterocycles. The molecule has 6 rings (SSSR count). The summed E-state index contributed by atoms with van der Waals surface area (Å²) in [6.07, 6.45) is 3.92. The molecule has 0 saturated heterocycles. The molecule has 2 aromatic heterocycles. The van der Waals surface area contributed by atoms with E-state index < -0.39 is 12.0 Å². The van der Waals surface area contributed by atoms with Crippen molar-refractivity contribution in [2.75, 3.05) is 20.8 Å². The quantitative estimate of drug-likeness (QED) is 0.213. The number of ether oxygens (including phenoxy) is 3. The Balaban J connectivity index is 1.54. The average Bonchev–Trinajstić information content (AvgIpc) is 3.53. The molecule has 0 spiro atoms. The van der Waals surface area contributed by atoms with Crippen molar-refractivity contribution in [2.45, 2.75) is 26.4 Å². The molecule has 0 saturated carbocycles. The Kier molecular flexibility index (Phi) is 8.16. The molecule has 0 bridgehead atoms. The molecule has 0 radical (unpaired) electrons. The standard InChI is InChI=1S/C34H30ClN3O5S/c1-5-43-33(40)30-20(2)36-34-38(31(30)25-15-14-23(41-3)17-28(25)42-4)32(39)29(44-34)16-22-19-37(27-13-9-7-11-24(22)27)18-21-10-6-8-12-26(21)35/h6-17,19,31H,5,18H2,1-4H3/b29-16-/t31-/m1/s1. The van der Waals surface area contributed by atoms with Crippen LogP contribution in [0.5, 0.6) is 11.5 Å². The molecule has 10 heteroatoms. The fourth-order valence-corrected chi connectivity index (χ4v) is 6.84. The first-order valence-corrected chi connectivity index (χ1v) is 15.3. The Bertz CT molecular complexity index is 2120. The summed E-state index contributed by atoms with van der Waals surface area (Å²) in [7, 11) is 3.11. The fraction of sp³-hybridized carbons (Fsp3) is 0.206. The van der Waals surface area contributed by atoms with Crippen LogP contribution < -0.4 is 24.4 Å². The molecule has 1 aliphatic heterocycles. The molecule has 0 unspecified atom stereocenters. The van der Waals surface area contributed by atoms with Crippen LogP contribution in [0.1, 0.15) is 36.6 Å². The van der Waals surface area contributed by atoms with Crippen molar-refractivity contribution in [3.63, 3.8) is 0 Å². The van der Waals surface area contributed by atoms with E-state index >= 15 is 0 Å². The molecule has 44 heavy (non-hydrogen) atoms. The number of hydrogen-bond donors (Lipinski definition) is 0. The number of fused-ring (bicyclic) bond motifs is 2. The third-order valence-electron chi connectivity index (χ3n) is 7.66. The lowest BCUT2D eigenvalue weighted by Crippen LogP contribution is -2.40. The van der Waals surface area contributed by atoms with E-state index in [-0.39, 0.29) is 17.7 Å². The van der Waals surface area contributed by atoms with Crippen LogP contribution in [0.3, 0.4) is 0 Å². The normalized spacial score (nSPS) is 14.8. The second-order valence-corrected chi connectivity index (χ2v) is 11.6. The highest BCUT2D eigenvalue weighted by Gasteiger charge is 2.35. The summed E-state index contributed by atoms with van der Waals surface area (Å²) < 4.78 is 20.7. The molecule has 0 N–H and O–H groups in total. The highest BCUT2D eigenvalue weighted by molar-refractivity contribution is 7.07. The highest BCUT2D eigenvalue weighted by Crippen LogP contribution is 2.37. The molecule has 1 aliphatic rings. The van der Waals surface area contributed by atoms with E-state index in [1.807, 2.05) is 54.7 Å². The van der Waals surface area contributed by atoms with Crippen molar-refractivity contribution < 1.29 is 19.0 Å². The first-order valence-electron chi connectivity index (χ1n) is 14.1. The van der Waals surface area contributed by atoms with Gasteiger partial charge in [0.05, 0.1) is 36.6 Å². The average molecular weight is 628 g/mol. The number of nitrogens with zero attached hydrogens (tertiary/aromatic N) is 3. The van der Waals surface area contributed by atoms with Gasteiger partial charge in [0.2, 0.25) is 0 Å². The maximum atomic E-state index is 14.3. The first-order chi connectivity index (χ1) is 21.3. The minimum Gasteiger partial charge on any atom is -0.497 e. The zero-order chi connectivity index (χ0) is 31.0. The van der Waals surface area contributed by atoms with E-state index in [0.29, 0.717) is 43.7 Å². The third-order valence-corrected chi connectivity index (χ3v) is 9.01. The monoisotopic (exact) mass is 627 g/mol. The van der Waals surface area contributed by atoms with Crippen LogP contribution in [-0.4, -0.2) is 35.9 Å². The largest absolute Gasteiger partial charge is 0.497 e. The zero-order valence-electron chi connectivity index (χ0n) is 24.7. The summed E-state index contributed by atoms with van der Waals surface area (Å²) in [5.74, 6) is 0.529. The van der Waals surface area contributed by atoms with Crippen molar-refractivity contribution in [3.05, 3.63) is 126 Å². The minimum absolute atomic E-state index is 0.185. The predicted molar refractivity (Wildman–Crippen MR) is 172 cm³/mol. The van der Waals surface area contributed by atoms with Crippen molar-refractivity contribution in [2.24, 2.45) is 4.99 Å². The van der Waals surface area contributed by atoms with Crippen LogP contribution >= 0.6 is 22.9 Å². The topological polar surface area (TPSA) is 84.1 Å². The summed E-state index contributed by atoms with van der Waals surface area (Å²) in [4.78, 5) is 32.8. The smallest absolute Gasteiger partial charge is 0.338 e. The molecule has 0 aliphatic carbocycles. The number of halogens is 1. The Hall–Kier alpha value is -4.60. The number of carbonyl (C=O) groups is 1. The molecule has 5 aromatic rings. The lowest BCUT2D eigenvalue weighted by atomic mass is 9.95. The van der Waals surface area contributed by atoms with E-state index in [9.17, 15) is 9.59 Å². The fourth-order valence-electron chi connectivity index (χ4n) is 5.60. The lowest BCUT2D eigenvalue weighted by molar-refractivity contribution is -0.139. The number of hydrogen-bond acceptors (Lipinski definition) is 7. The van der Waals surface area contributed by atoms with Crippen LogP contribution in [-0.2, 0) is 16.1 Å². The molecule has 0 fully saturated rings. The van der Waals surface area contributed by atoms with Gasteiger partial charge < -0.3 is 18.8 Å². The van der Waals surface area contributed by atoms with Gasteiger partial charge in [-0.3, -0.25) is 9.36 Å². The van der Waals surface area contributed by atoms with Gasteiger partial charge in [-0.2, -0.15) is 0 Å². The lowest BCUT2D eigenvalue weighted by Gasteiger charge is -2.26. The second kappa shape index (κ2) is 12.2. The summed E-state index contributed by atoms with van der Waals surface area (Å²) >= 11 is 7.76. The number of aromatic nitrogens is 2. The Morgan fingerprint density at radius 2 is 1.84 bits per heavy atom. The molecule has 1 atom stereocenters. The van der Waals surface area contributed by atoms with E-state index in [2.05, 4.69) is 10.6 Å². The Morgan fingerprint density at radius 1 is 1.07 bits per heavy atom. The second-order valence-electron chi connectivity index (χ2n) is 10.2. The number of para-hydroxylation sites is 1. The van der Waals surface area contributed by atoms with Gasteiger partial charge in [0.15, 0.2) is 4.80 Å². The molecular weight excluding hydrogens is 598 g/mol. The summed E-state index contributed by atoms with van der Waals surface area (Å²) in [6, 6.07) is 20.3. The predicted octanol–water partition coefficient (Wildman–Crippen LogP) is 5.47. The minimum atomic E-state index is -0.810. The Morgan fingerprint density at radius 3 is 2.59 bits per heavy atom. The summed E-state index contributed by atoms with van der Waals surface area (Å²) in [5, 5.41) is 1.70. The van der Waals surface area contributed by atoms with Crippen molar-refractivity contribution in [3.8, 4) is 11.5 Å². The van der Waals surface area contributed by atoms with Crippen LogP contribution in [0.15, 0.2) is 94.0 Å². The van der Waals surface area contributed by atoms with Crippen LogP contribution in [0.25, 0.3) is 17.0 Å². The molecular formula is C34H30ClN3O5S. The number of benzene rings is 3. The Labute approximate surface area is 262 Å². The number of esters is 1. The first kappa shape index (κ1) is 29.5. The van der Waals surface area contributed by atoms with Gasteiger partial charge in [0.25, 0.3) is 5.56 Å². The molecule has 0 amide bonds. The van der Waals surface area contributed by atoms with Gasteiger partial charge in [-0.05, 0) is 49.8 Å². The number of allylic oxidation sites excluding steroid dienone is 1. The highest BCUT2D eigenvalue weighted by atomic mass is 35.5. The van der Waals surface area contributed by atoms with E-state index in [4.69, 9.17) is 30.8 Å². The van der Waals surface area contributed by atoms with Gasteiger partial charge in [-0.15, -0.1) is 0 Å². The van der Waals surface area contributed by atoms with E-state index in [1.54, 1.807) is 50.8 Å². The number of methoxy groups -OCH3 is 2. The van der Waals surface area contributed by atoms with E-state index in [1.165, 1.54) is 11.3 Å². The van der Waals surface area contributed by atoms with Gasteiger partial charge in [0.1, 0.15) is 17.5 Å². The maximum Gasteiger partial charge on any atom is 0.338 e. The third kappa shape index (κ3) is 5.22. The van der Waals surface area contributed by atoms with Crippen LogP contribution in [0.2, 0.25) is 5.02 Å². The van der Waals surface area contributed by atoms with Crippen molar-refractivity contribution in [1.29, 1.82) is 0 Å². The maximum absolute atomic E-state index is 14.3. The van der Waals surface area contributed by atoms with Gasteiger partial charge in [-0.1, -0.05) is 59.3 Å². The summed E-state index contributed by atoms with van der Waals surface area (Å²) in [6.45, 7) is 4.27. The van der Waals surface area contributed by atoms with Gasteiger partial charge in [0, 0.05) is 45.9 Å². The molecule has 224 valence electrons. The number of thiazole rings is 1. The number of carbonyl (C=O) groups excluding carboxylic acids is 1. The molecule has 3 aromatic carbocycles. The van der Waals surface area contributed by atoms with Crippen LogP contribution in [0, 0.1) is 0 Å².